The van der Waals surface area contributed by atoms with Crippen molar-refractivity contribution in [3.8, 4) is 0 Å². The Labute approximate surface area is 137 Å². The third kappa shape index (κ3) is 5.36. The molecular weight excluding hydrogens is 270 g/mol. The molecular formula is C19H37N3. The highest BCUT2D eigenvalue weighted by Gasteiger charge is 2.26. The first kappa shape index (κ1) is 18.0. The molecule has 3 nitrogen and oxygen atoms in total. The van der Waals surface area contributed by atoms with Crippen molar-refractivity contribution in [3.63, 3.8) is 0 Å². The van der Waals surface area contributed by atoms with Gasteiger partial charge in [-0.25, -0.2) is 0 Å². The molecule has 0 aromatic heterocycles. The minimum atomic E-state index is 0.238. The minimum absolute atomic E-state index is 0.238. The van der Waals surface area contributed by atoms with Crippen molar-refractivity contribution in [1.82, 2.24) is 9.80 Å². The van der Waals surface area contributed by atoms with Gasteiger partial charge in [-0.05, 0) is 70.0 Å². The van der Waals surface area contributed by atoms with Crippen LogP contribution in [0, 0.1) is 17.8 Å². The molecule has 22 heavy (non-hydrogen) atoms. The molecule has 0 radical (unpaired) electrons. The van der Waals surface area contributed by atoms with Gasteiger partial charge in [0.1, 0.15) is 0 Å². The Morgan fingerprint density at radius 2 is 1.64 bits per heavy atom. The van der Waals surface area contributed by atoms with E-state index in [0.29, 0.717) is 5.92 Å². The van der Waals surface area contributed by atoms with Gasteiger partial charge in [-0.2, -0.15) is 0 Å². The number of rotatable bonds is 7. The van der Waals surface area contributed by atoms with Gasteiger partial charge in [-0.1, -0.05) is 32.4 Å². The zero-order chi connectivity index (χ0) is 16.1. The molecule has 2 fully saturated rings. The lowest BCUT2D eigenvalue weighted by atomic mass is 9.88. The van der Waals surface area contributed by atoms with Crippen LogP contribution in [-0.2, 0) is 0 Å². The van der Waals surface area contributed by atoms with Crippen LogP contribution >= 0.6 is 0 Å². The van der Waals surface area contributed by atoms with Gasteiger partial charge in [0.15, 0.2) is 0 Å². The van der Waals surface area contributed by atoms with E-state index in [4.69, 9.17) is 5.73 Å². The summed E-state index contributed by atoms with van der Waals surface area (Å²) in [7, 11) is 0. The average Bonchev–Trinajstić information content (AvgIpc) is 2.95. The van der Waals surface area contributed by atoms with Gasteiger partial charge >= 0.3 is 0 Å². The number of nitrogens with two attached hydrogens (primary N) is 1. The Bertz CT molecular complexity index is 343. The molecule has 0 aliphatic carbocycles. The maximum absolute atomic E-state index is 5.99. The smallest absolute Gasteiger partial charge is 0.0542 e. The van der Waals surface area contributed by atoms with Crippen LogP contribution in [0.4, 0.5) is 0 Å². The summed E-state index contributed by atoms with van der Waals surface area (Å²) in [6.07, 6.45) is 7.20. The van der Waals surface area contributed by atoms with E-state index in [1.165, 1.54) is 63.9 Å². The SMILES string of the molecule is C=C(CN1CCC(CCC2CCN(C(C)N)C2)CC1)C(C)C. The van der Waals surface area contributed by atoms with Gasteiger partial charge in [0.25, 0.3) is 0 Å². The summed E-state index contributed by atoms with van der Waals surface area (Å²) in [5.74, 6) is 2.46. The summed E-state index contributed by atoms with van der Waals surface area (Å²) < 4.78 is 0. The van der Waals surface area contributed by atoms with Crippen molar-refractivity contribution in [3.05, 3.63) is 12.2 Å². The predicted octanol–water partition coefficient (Wildman–Crippen LogP) is 3.32. The second-order valence-electron chi connectivity index (χ2n) is 8.00. The van der Waals surface area contributed by atoms with Crippen LogP contribution in [-0.4, -0.2) is 48.7 Å². The summed E-state index contributed by atoms with van der Waals surface area (Å²) >= 11 is 0. The molecule has 2 aliphatic rings. The second kappa shape index (κ2) is 8.47. The van der Waals surface area contributed by atoms with Crippen LogP contribution in [0.2, 0.25) is 0 Å². The van der Waals surface area contributed by atoms with Crippen LogP contribution in [0.25, 0.3) is 0 Å². The Morgan fingerprint density at radius 1 is 1.05 bits per heavy atom. The Balaban J connectivity index is 1.61. The molecule has 128 valence electrons. The molecule has 3 heteroatoms. The summed E-state index contributed by atoms with van der Waals surface area (Å²) in [5, 5.41) is 0. The molecule has 2 N–H and O–H groups in total. The number of likely N-dealkylation sites (tertiary alicyclic amines) is 2. The fourth-order valence-corrected chi connectivity index (χ4v) is 3.84. The van der Waals surface area contributed by atoms with E-state index >= 15 is 0 Å². The molecule has 0 saturated carbocycles. The molecule has 0 aromatic rings. The third-order valence-electron chi connectivity index (χ3n) is 5.83. The van der Waals surface area contributed by atoms with Gasteiger partial charge in [0.05, 0.1) is 6.17 Å². The average molecular weight is 308 g/mol. The Kier molecular flexibility index (Phi) is 6.91. The second-order valence-corrected chi connectivity index (χ2v) is 8.00. The van der Waals surface area contributed by atoms with E-state index in [0.717, 1.165) is 18.4 Å². The fourth-order valence-electron chi connectivity index (χ4n) is 3.84. The van der Waals surface area contributed by atoms with E-state index in [-0.39, 0.29) is 6.17 Å². The van der Waals surface area contributed by atoms with Gasteiger partial charge in [-0.15, -0.1) is 0 Å². The predicted molar refractivity (Wildman–Crippen MR) is 95.7 cm³/mol. The standard InChI is InChI=1S/C19H37N3/c1-15(2)16(3)13-21-10-7-18(8-11-21)5-6-19-9-12-22(14-19)17(4)20/h15,17-19H,3,5-14,20H2,1-2,4H3. The van der Waals surface area contributed by atoms with Crippen molar-refractivity contribution in [2.75, 3.05) is 32.7 Å². The molecule has 0 aromatic carbocycles. The largest absolute Gasteiger partial charge is 0.316 e. The van der Waals surface area contributed by atoms with Gasteiger partial charge in [-0.3, -0.25) is 9.80 Å². The normalized spacial score (nSPS) is 26.7. The summed E-state index contributed by atoms with van der Waals surface area (Å²) in [6.45, 7) is 16.9. The summed E-state index contributed by atoms with van der Waals surface area (Å²) in [6, 6.07) is 0. The molecule has 2 atom stereocenters. The highest BCUT2D eigenvalue weighted by molar-refractivity contribution is 5.00. The van der Waals surface area contributed by atoms with E-state index < -0.39 is 0 Å². The first-order valence-corrected chi connectivity index (χ1v) is 9.35. The van der Waals surface area contributed by atoms with E-state index in [1.54, 1.807) is 0 Å². The van der Waals surface area contributed by atoms with Crippen molar-refractivity contribution in [2.24, 2.45) is 23.5 Å². The monoisotopic (exact) mass is 307 g/mol. The maximum atomic E-state index is 5.99. The summed E-state index contributed by atoms with van der Waals surface area (Å²) in [4.78, 5) is 5.04. The lowest BCUT2D eigenvalue weighted by Crippen LogP contribution is -2.37. The van der Waals surface area contributed by atoms with Crippen LogP contribution in [0.5, 0.6) is 0 Å². The van der Waals surface area contributed by atoms with Crippen LogP contribution in [0.15, 0.2) is 12.2 Å². The molecule has 2 rings (SSSR count). The first-order valence-electron chi connectivity index (χ1n) is 9.35. The number of hydrogen-bond donors (Lipinski definition) is 1. The van der Waals surface area contributed by atoms with Gasteiger partial charge < -0.3 is 5.73 Å². The van der Waals surface area contributed by atoms with E-state index in [1.807, 2.05) is 0 Å². The van der Waals surface area contributed by atoms with Gasteiger partial charge in [0, 0.05) is 13.1 Å². The molecule has 0 amide bonds. The van der Waals surface area contributed by atoms with Crippen LogP contribution in [0.3, 0.4) is 0 Å². The van der Waals surface area contributed by atoms with Gasteiger partial charge in [0.2, 0.25) is 0 Å². The number of piperidine rings is 1. The lowest BCUT2D eigenvalue weighted by Gasteiger charge is -2.33. The van der Waals surface area contributed by atoms with E-state index in [2.05, 4.69) is 37.1 Å². The first-order chi connectivity index (χ1) is 10.5. The quantitative estimate of drug-likeness (QED) is 0.732. The molecule has 2 saturated heterocycles. The zero-order valence-corrected chi connectivity index (χ0v) is 15.1. The Hall–Kier alpha value is -0.380. The zero-order valence-electron chi connectivity index (χ0n) is 15.1. The minimum Gasteiger partial charge on any atom is -0.316 e. The molecule has 0 spiro atoms. The molecule has 2 aliphatic heterocycles. The summed E-state index contributed by atoms with van der Waals surface area (Å²) in [5.41, 5.74) is 7.38. The van der Waals surface area contributed by atoms with Crippen molar-refractivity contribution in [1.29, 1.82) is 0 Å². The highest BCUT2D eigenvalue weighted by Crippen LogP contribution is 2.28. The van der Waals surface area contributed by atoms with Crippen LogP contribution in [0.1, 0.15) is 52.9 Å². The lowest BCUT2D eigenvalue weighted by molar-refractivity contribution is 0.181. The van der Waals surface area contributed by atoms with Crippen molar-refractivity contribution in [2.45, 2.75) is 59.0 Å². The van der Waals surface area contributed by atoms with E-state index in [9.17, 15) is 0 Å². The maximum Gasteiger partial charge on any atom is 0.0542 e. The fraction of sp³-hybridized carbons (Fsp3) is 0.895. The Morgan fingerprint density at radius 3 is 2.18 bits per heavy atom. The van der Waals surface area contributed by atoms with Crippen molar-refractivity contribution >= 4 is 0 Å². The third-order valence-corrected chi connectivity index (χ3v) is 5.83. The molecule has 0 bridgehead atoms. The molecule has 2 unspecified atom stereocenters. The number of nitrogens with zero attached hydrogens (tertiary/aromatic N) is 2. The topological polar surface area (TPSA) is 32.5 Å². The van der Waals surface area contributed by atoms with Crippen molar-refractivity contribution < 1.29 is 0 Å². The number of hydrogen-bond acceptors (Lipinski definition) is 3. The highest BCUT2D eigenvalue weighted by atomic mass is 15.2. The van der Waals surface area contributed by atoms with Crippen LogP contribution < -0.4 is 5.73 Å². The molecule has 2 heterocycles.